The van der Waals surface area contributed by atoms with Crippen LogP contribution in [-0.2, 0) is 19.4 Å². The first-order valence-corrected chi connectivity index (χ1v) is 10.0. The second-order valence-corrected chi connectivity index (χ2v) is 8.23. The van der Waals surface area contributed by atoms with Gasteiger partial charge in [0.2, 0.25) is 0 Å². The minimum Gasteiger partial charge on any atom is -0.287 e. The molecule has 122 valence electrons. The van der Waals surface area contributed by atoms with Crippen LogP contribution in [0, 0.1) is 17.2 Å². The van der Waals surface area contributed by atoms with Gasteiger partial charge in [-0.2, -0.15) is 5.26 Å². The minimum atomic E-state index is 0.118. The van der Waals surface area contributed by atoms with Crippen LogP contribution in [-0.4, -0.2) is 15.3 Å². The summed E-state index contributed by atoms with van der Waals surface area (Å²) < 4.78 is 1.80. The van der Waals surface area contributed by atoms with E-state index in [2.05, 4.69) is 13.0 Å². The van der Waals surface area contributed by atoms with Gasteiger partial charge in [0.1, 0.15) is 4.83 Å². The van der Waals surface area contributed by atoms with Crippen molar-refractivity contribution < 1.29 is 0 Å². The molecule has 23 heavy (non-hydrogen) atoms. The van der Waals surface area contributed by atoms with Gasteiger partial charge in [0.15, 0.2) is 5.16 Å². The van der Waals surface area contributed by atoms with Crippen molar-refractivity contribution in [3.05, 3.63) is 20.8 Å². The van der Waals surface area contributed by atoms with Gasteiger partial charge in [0.05, 0.1) is 11.5 Å². The van der Waals surface area contributed by atoms with Gasteiger partial charge in [-0.1, -0.05) is 18.7 Å². The highest BCUT2D eigenvalue weighted by Crippen LogP contribution is 2.36. The van der Waals surface area contributed by atoms with E-state index in [4.69, 9.17) is 10.2 Å². The van der Waals surface area contributed by atoms with Crippen molar-refractivity contribution in [2.24, 2.45) is 5.92 Å². The number of thiophene rings is 1. The lowest BCUT2D eigenvalue weighted by atomic mass is 9.89. The molecular weight excluding hydrogens is 326 g/mol. The standard InChI is InChI=1S/C17H21N3OS2/c1-3-20-16(21)14-12-7-6-11(2)10-13(12)23-15(14)19-17(20)22-9-5-4-8-18/h11H,3-7,9-10H2,1-2H3/t11-/m0/s1. The molecule has 0 amide bonds. The Balaban J connectivity index is 2.02. The number of thioether (sulfide) groups is 1. The zero-order chi connectivity index (χ0) is 16.4. The van der Waals surface area contributed by atoms with Crippen molar-refractivity contribution in [2.45, 2.75) is 57.7 Å². The van der Waals surface area contributed by atoms with Crippen LogP contribution >= 0.6 is 23.1 Å². The van der Waals surface area contributed by atoms with Crippen LogP contribution in [0.25, 0.3) is 10.2 Å². The lowest BCUT2D eigenvalue weighted by Gasteiger charge is -2.17. The average Bonchev–Trinajstić information content (AvgIpc) is 2.89. The Labute approximate surface area is 144 Å². The first-order chi connectivity index (χ1) is 11.2. The molecule has 3 rings (SSSR count). The number of nitrogens with zero attached hydrogens (tertiary/aromatic N) is 3. The number of unbranched alkanes of at least 4 members (excludes halogenated alkanes) is 1. The normalized spacial score (nSPS) is 17.2. The average molecular weight is 348 g/mol. The van der Waals surface area contributed by atoms with Crippen LogP contribution in [0.5, 0.6) is 0 Å². The molecule has 1 aliphatic rings. The molecule has 0 spiro atoms. The smallest absolute Gasteiger partial charge is 0.263 e. The molecule has 0 N–H and O–H groups in total. The minimum absolute atomic E-state index is 0.118. The molecule has 1 aliphatic carbocycles. The molecule has 4 nitrogen and oxygen atoms in total. The molecule has 2 aromatic rings. The largest absolute Gasteiger partial charge is 0.287 e. The summed E-state index contributed by atoms with van der Waals surface area (Å²) in [4.78, 5) is 20.0. The summed E-state index contributed by atoms with van der Waals surface area (Å²) in [5.41, 5.74) is 1.37. The number of aromatic nitrogens is 2. The number of rotatable bonds is 5. The van der Waals surface area contributed by atoms with Gasteiger partial charge in [-0.25, -0.2) is 4.98 Å². The molecule has 6 heteroatoms. The first kappa shape index (κ1) is 16.5. The van der Waals surface area contributed by atoms with Gasteiger partial charge in [-0.15, -0.1) is 11.3 Å². The van der Waals surface area contributed by atoms with Crippen LogP contribution < -0.4 is 5.56 Å². The molecule has 0 saturated carbocycles. The lowest BCUT2D eigenvalue weighted by molar-refractivity contribution is 0.509. The van der Waals surface area contributed by atoms with E-state index in [0.29, 0.717) is 18.9 Å². The quantitative estimate of drug-likeness (QED) is 0.466. The molecule has 0 fully saturated rings. The molecule has 0 unspecified atom stereocenters. The SMILES string of the molecule is CCn1c(SCCCC#N)nc2sc3c(c2c1=O)CC[C@H](C)C3. The molecule has 1 atom stereocenters. The van der Waals surface area contributed by atoms with Crippen molar-refractivity contribution >= 4 is 33.3 Å². The van der Waals surface area contributed by atoms with Gasteiger partial charge in [-0.3, -0.25) is 9.36 Å². The highest BCUT2D eigenvalue weighted by Gasteiger charge is 2.24. The molecule has 0 aromatic carbocycles. The summed E-state index contributed by atoms with van der Waals surface area (Å²) in [5, 5.41) is 10.3. The molecule has 0 radical (unpaired) electrons. The van der Waals surface area contributed by atoms with Crippen molar-refractivity contribution in [3.8, 4) is 6.07 Å². The first-order valence-electron chi connectivity index (χ1n) is 8.20. The molecule has 0 bridgehead atoms. The van der Waals surface area contributed by atoms with Gasteiger partial charge in [-0.05, 0) is 44.1 Å². The summed E-state index contributed by atoms with van der Waals surface area (Å²) in [7, 11) is 0. The maximum atomic E-state index is 12.9. The molecule has 0 saturated heterocycles. The fourth-order valence-electron chi connectivity index (χ4n) is 3.11. The van der Waals surface area contributed by atoms with Crippen LogP contribution in [0.1, 0.15) is 43.6 Å². The Morgan fingerprint density at radius 3 is 3.09 bits per heavy atom. The third-order valence-corrected chi connectivity index (χ3v) is 6.57. The summed E-state index contributed by atoms with van der Waals surface area (Å²) >= 11 is 3.30. The monoisotopic (exact) mass is 347 g/mol. The van der Waals surface area contributed by atoms with Gasteiger partial charge < -0.3 is 0 Å². The Hall–Kier alpha value is -1.32. The zero-order valence-corrected chi connectivity index (χ0v) is 15.2. The van der Waals surface area contributed by atoms with Crippen LogP contribution in [0.3, 0.4) is 0 Å². The van der Waals surface area contributed by atoms with E-state index in [1.165, 1.54) is 10.4 Å². The summed E-state index contributed by atoms with van der Waals surface area (Å²) in [6, 6.07) is 2.16. The zero-order valence-electron chi connectivity index (χ0n) is 13.6. The Morgan fingerprint density at radius 1 is 1.52 bits per heavy atom. The molecule has 0 aliphatic heterocycles. The number of nitriles is 1. The Bertz CT molecular complexity index is 816. The Morgan fingerprint density at radius 2 is 2.35 bits per heavy atom. The van der Waals surface area contributed by atoms with Crippen LogP contribution in [0.2, 0.25) is 0 Å². The number of hydrogen-bond acceptors (Lipinski definition) is 5. The number of hydrogen-bond donors (Lipinski definition) is 0. The van der Waals surface area contributed by atoms with Crippen LogP contribution in [0.15, 0.2) is 9.95 Å². The number of aryl methyl sites for hydroxylation is 1. The molecule has 2 heterocycles. The van der Waals surface area contributed by atoms with Gasteiger partial charge in [0.25, 0.3) is 5.56 Å². The second kappa shape index (κ2) is 7.06. The van der Waals surface area contributed by atoms with Crippen LogP contribution in [0.4, 0.5) is 0 Å². The number of fused-ring (bicyclic) bond motifs is 3. The van der Waals surface area contributed by atoms with E-state index >= 15 is 0 Å². The van der Waals surface area contributed by atoms with E-state index in [0.717, 1.165) is 46.8 Å². The fraction of sp³-hybridized carbons (Fsp3) is 0.588. The predicted octanol–water partition coefficient (Wildman–Crippen LogP) is 4.00. The van der Waals surface area contributed by atoms with Crippen molar-refractivity contribution in [1.82, 2.24) is 9.55 Å². The predicted molar refractivity (Wildman–Crippen MR) is 96.3 cm³/mol. The van der Waals surface area contributed by atoms with Crippen molar-refractivity contribution in [2.75, 3.05) is 5.75 Å². The summed E-state index contributed by atoms with van der Waals surface area (Å²) in [5.74, 6) is 1.52. The third-order valence-electron chi connectivity index (χ3n) is 4.36. The topological polar surface area (TPSA) is 58.7 Å². The fourth-order valence-corrected chi connectivity index (χ4v) is 5.53. The maximum Gasteiger partial charge on any atom is 0.263 e. The maximum absolute atomic E-state index is 12.9. The van der Waals surface area contributed by atoms with E-state index in [9.17, 15) is 4.79 Å². The van der Waals surface area contributed by atoms with E-state index < -0.39 is 0 Å². The Kier molecular flexibility index (Phi) is 5.08. The second-order valence-electron chi connectivity index (χ2n) is 6.09. The van der Waals surface area contributed by atoms with E-state index in [1.54, 1.807) is 27.7 Å². The third kappa shape index (κ3) is 3.17. The highest BCUT2D eigenvalue weighted by atomic mass is 32.2. The van der Waals surface area contributed by atoms with Crippen molar-refractivity contribution in [3.63, 3.8) is 0 Å². The van der Waals surface area contributed by atoms with Gasteiger partial charge >= 0.3 is 0 Å². The summed E-state index contributed by atoms with van der Waals surface area (Å²) in [6.45, 7) is 4.92. The lowest BCUT2D eigenvalue weighted by Crippen LogP contribution is -2.23. The van der Waals surface area contributed by atoms with Gasteiger partial charge in [0, 0.05) is 23.6 Å². The van der Waals surface area contributed by atoms with E-state index in [-0.39, 0.29) is 5.56 Å². The molecular formula is C17H21N3OS2. The molecule has 2 aromatic heterocycles. The van der Waals surface area contributed by atoms with Crippen molar-refractivity contribution in [1.29, 1.82) is 5.26 Å². The highest BCUT2D eigenvalue weighted by molar-refractivity contribution is 7.99. The van der Waals surface area contributed by atoms with E-state index in [1.807, 2.05) is 6.92 Å². The summed E-state index contributed by atoms with van der Waals surface area (Å²) in [6.07, 6.45) is 4.63.